The van der Waals surface area contributed by atoms with Crippen molar-refractivity contribution >= 4 is 5.97 Å². The smallest absolute Gasteiger partial charge is 0.0476 e. The second-order valence-corrected chi connectivity index (χ2v) is 10.5. The van der Waals surface area contributed by atoms with Crippen LogP contribution in [-0.4, -0.2) is 5.97 Å². The number of aliphatic carboxylic acids is 1. The highest BCUT2D eigenvalue weighted by Gasteiger charge is 2.31. The summed E-state index contributed by atoms with van der Waals surface area (Å²) in [6, 6.07) is 0. The maximum Gasteiger partial charge on any atom is 0.0476 e. The van der Waals surface area contributed by atoms with Crippen LogP contribution >= 0.6 is 0 Å². The number of carboxylic acid groups (broad SMARTS) is 1. The van der Waals surface area contributed by atoms with Gasteiger partial charge in [-0.2, -0.15) is 0 Å². The summed E-state index contributed by atoms with van der Waals surface area (Å²) in [6.45, 7) is 8.59. The number of rotatable bonds is 24. The first-order valence-corrected chi connectivity index (χ1v) is 14.2. The molecular formula is C29H61NO2. The van der Waals surface area contributed by atoms with Crippen LogP contribution in [0.4, 0.5) is 0 Å². The van der Waals surface area contributed by atoms with Gasteiger partial charge in [0.1, 0.15) is 0 Å². The van der Waals surface area contributed by atoms with E-state index in [2.05, 4.69) is 20.8 Å². The summed E-state index contributed by atoms with van der Waals surface area (Å²) in [5, 5.41) is 11.9. The first-order valence-electron chi connectivity index (χ1n) is 14.2. The van der Waals surface area contributed by atoms with Crippen LogP contribution in [0.25, 0.3) is 0 Å². The summed E-state index contributed by atoms with van der Waals surface area (Å²) >= 11 is 0. The van der Waals surface area contributed by atoms with Crippen LogP contribution in [-0.2, 0) is 4.79 Å². The number of hydrogen-bond acceptors (Lipinski definition) is 2. The van der Waals surface area contributed by atoms with Gasteiger partial charge < -0.3 is 16.1 Å². The second kappa shape index (κ2) is 23.6. The van der Waals surface area contributed by atoms with E-state index < -0.39 is 11.4 Å². The summed E-state index contributed by atoms with van der Waals surface area (Å²) in [6.07, 6.45) is 28.1. The van der Waals surface area contributed by atoms with Crippen molar-refractivity contribution in [2.75, 3.05) is 0 Å². The Bertz CT molecular complexity index is 399. The molecule has 0 spiro atoms. The second-order valence-electron chi connectivity index (χ2n) is 10.5. The lowest BCUT2D eigenvalue weighted by molar-refractivity contribution is -0.321. The quantitative estimate of drug-likeness (QED) is 0.147. The van der Waals surface area contributed by atoms with Crippen molar-refractivity contribution in [2.24, 2.45) is 11.3 Å². The standard InChI is InChI=1S/C29H58O2.H3N/c1-5-7-9-11-13-14-15-16-17-18-19-21-23-25-27(3)29(4,28(30)31)26-24-22-20-12-10-8-6-2;/h27H,5-26H2,1-4H3,(H,30,31);1H3. The Labute approximate surface area is 202 Å². The number of quaternary nitrogens is 1. The molecular weight excluding hydrogens is 394 g/mol. The Kier molecular flexibility index (Phi) is 24.8. The Morgan fingerprint density at radius 3 is 1.28 bits per heavy atom. The van der Waals surface area contributed by atoms with Gasteiger partial charge in [0.25, 0.3) is 0 Å². The monoisotopic (exact) mass is 455 g/mol. The topological polar surface area (TPSA) is 76.6 Å². The van der Waals surface area contributed by atoms with Crippen LogP contribution in [0.5, 0.6) is 0 Å². The molecule has 3 heteroatoms. The number of hydrogen-bond donors (Lipinski definition) is 1. The van der Waals surface area contributed by atoms with Crippen LogP contribution in [0.2, 0.25) is 0 Å². The zero-order chi connectivity index (χ0) is 23.2. The third kappa shape index (κ3) is 17.9. The molecule has 0 aliphatic heterocycles. The normalized spacial score (nSPS) is 14.0. The van der Waals surface area contributed by atoms with E-state index in [4.69, 9.17) is 0 Å². The largest absolute Gasteiger partial charge is 0.550 e. The lowest BCUT2D eigenvalue weighted by Crippen LogP contribution is -2.44. The fourth-order valence-corrected chi connectivity index (χ4v) is 4.79. The van der Waals surface area contributed by atoms with Gasteiger partial charge in [0.05, 0.1) is 0 Å². The summed E-state index contributed by atoms with van der Waals surface area (Å²) < 4.78 is 0. The molecule has 0 aromatic carbocycles. The van der Waals surface area contributed by atoms with E-state index in [-0.39, 0.29) is 12.1 Å². The molecule has 32 heavy (non-hydrogen) atoms. The Hall–Kier alpha value is -0.570. The molecule has 0 amide bonds. The van der Waals surface area contributed by atoms with Gasteiger partial charge in [0.2, 0.25) is 0 Å². The maximum absolute atomic E-state index is 11.9. The highest BCUT2D eigenvalue weighted by atomic mass is 16.4. The van der Waals surface area contributed by atoms with Crippen molar-refractivity contribution in [2.45, 2.75) is 169 Å². The molecule has 0 aliphatic rings. The zero-order valence-corrected chi connectivity index (χ0v) is 23.0. The van der Waals surface area contributed by atoms with E-state index >= 15 is 0 Å². The first-order chi connectivity index (χ1) is 15.0. The third-order valence-electron chi connectivity index (χ3n) is 7.59. The fraction of sp³-hybridized carbons (Fsp3) is 0.966. The van der Waals surface area contributed by atoms with E-state index in [1.807, 2.05) is 6.92 Å². The highest BCUT2D eigenvalue weighted by molar-refractivity contribution is 5.72. The van der Waals surface area contributed by atoms with Crippen LogP contribution in [0.1, 0.15) is 169 Å². The Morgan fingerprint density at radius 1 is 0.625 bits per heavy atom. The first kappa shape index (κ1) is 33.6. The van der Waals surface area contributed by atoms with Crippen molar-refractivity contribution in [1.82, 2.24) is 6.15 Å². The van der Waals surface area contributed by atoms with Crippen molar-refractivity contribution in [3.63, 3.8) is 0 Å². The van der Waals surface area contributed by atoms with Crippen LogP contribution < -0.4 is 11.3 Å². The predicted octanol–water partition coefficient (Wildman–Crippen LogP) is 9.38. The van der Waals surface area contributed by atoms with Gasteiger partial charge in [-0.05, 0) is 18.8 Å². The molecule has 0 aromatic heterocycles. The Balaban J connectivity index is 0. The van der Waals surface area contributed by atoms with E-state index in [1.165, 1.54) is 116 Å². The minimum atomic E-state index is -0.833. The van der Waals surface area contributed by atoms with Gasteiger partial charge >= 0.3 is 0 Å². The van der Waals surface area contributed by atoms with Crippen molar-refractivity contribution in [3.8, 4) is 0 Å². The van der Waals surface area contributed by atoms with E-state index in [1.54, 1.807) is 0 Å². The molecule has 0 saturated heterocycles. The average molecular weight is 456 g/mol. The number of carbonyl (C=O) groups is 1. The maximum atomic E-state index is 11.9. The SMILES string of the molecule is CCCCCCCCCCCCCCCC(C)C(C)(CCCCCCCCC)C(=O)[O-].[NH4+]. The highest BCUT2D eigenvalue weighted by Crippen LogP contribution is 2.36. The molecule has 0 fully saturated rings. The van der Waals surface area contributed by atoms with Crippen molar-refractivity contribution in [1.29, 1.82) is 0 Å². The van der Waals surface area contributed by atoms with Gasteiger partial charge in [-0.25, -0.2) is 0 Å². The van der Waals surface area contributed by atoms with Crippen molar-refractivity contribution in [3.05, 3.63) is 0 Å². The summed E-state index contributed by atoms with van der Waals surface area (Å²) in [7, 11) is 0. The molecule has 0 heterocycles. The minimum Gasteiger partial charge on any atom is -0.550 e. The third-order valence-corrected chi connectivity index (χ3v) is 7.59. The van der Waals surface area contributed by atoms with Gasteiger partial charge in [-0.1, -0.05) is 156 Å². The molecule has 194 valence electrons. The molecule has 0 bridgehead atoms. The van der Waals surface area contributed by atoms with Crippen LogP contribution in [0, 0.1) is 11.3 Å². The molecule has 4 N–H and O–H groups in total. The molecule has 2 atom stereocenters. The van der Waals surface area contributed by atoms with Crippen LogP contribution in [0.15, 0.2) is 0 Å². The van der Waals surface area contributed by atoms with Gasteiger partial charge in [0, 0.05) is 11.4 Å². The summed E-state index contributed by atoms with van der Waals surface area (Å²) in [4.78, 5) is 11.9. The summed E-state index contributed by atoms with van der Waals surface area (Å²) in [5.74, 6) is -0.619. The van der Waals surface area contributed by atoms with Gasteiger partial charge in [-0.3, -0.25) is 0 Å². The fourth-order valence-electron chi connectivity index (χ4n) is 4.79. The molecule has 0 saturated carbocycles. The molecule has 2 unspecified atom stereocenters. The molecule has 3 nitrogen and oxygen atoms in total. The van der Waals surface area contributed by atoms with E-state index in [9.17, 15) is 9.90 Å². The molecule has 0 radical (unpaired) electrons. The molecule has 0 rings (SSSR count). The number of carbonyl (C=O) groups excluding carboxylic acids is 1. The van der Waals surface area contributed by atoms with Crippen LogP contribution in [0.3, 0.4) is 0 Å². The Morgan fingerprint density at radius 2 is 0.938 bits per heavy atom. The predicted molar refractivity (Wildman–Crippen MR) is 141 cm³/mol. The number of unbranched alkanes of at least 4 members (excludes halogenated alkanes) is 18. The minimum absolute atomic E-state index is 0. The molecule has 0 aliphatic carbocycles. The number of carboxylic acids is 1. The van der Waals surface area contributed by atoms with Crippen molar-refractivity contribution < 1.29 is 9.90 Å². The van der Waals surface area contributed by atoms with Gasteiger partial charge in [0.15, 0.2) is 0 Å². The van der Waals surface area contributed by atoms with E-state index in [0.717, 1.165) is 25.7 Å². The van der Waals surface area contributed by atoms with Gasteiger partial charge in [-0.15, -0.1) is 0 Å². The zero-order valence-electron chi connectivity index (χ0n) is 23.0. The lowest BCUT2D eigenvalue weighted by Gasteiger charge is -2.37. The van der Waals surface area contributed by atoms with E-state index in [0.29, 0.717) is 0 Å². The average Bonchev–Trinajstić information content (AvgIpc) is 2.75. The summed E-state index contributed by atoms with van der Waals surface area (Å²) in [5.41, 5.74) is -0.652. The molecule has 0 aromatic rings. The lowest BCUT2D eigenvalue weighted by atomic mass is 9.72.